The Bertz CT molecular complexity index is 527. The molecule has 0 amide bonds. The molecule has 0 aliphatic rings. The zero-order chi connectivity index (χ0) is 13.0. The fourth-order valence-corrected chi connectivity index (χ4v) is 2.20. The van der Waals surface area contributed by atoms with E-state index >= 15 is 0 Å². The van der Waals surface area contributed by atoms with Crippen molar-refractivity contribution in [3.63, 3.8) is 0 Å². The lowest BCUT2D eigenvalue weighted by molar-refractivity contribution is 0.332. The van der Waals surface area contributed by atoms with Crippen LogP contribution < -0.4 is 10.5 Å². The second kappa shape index (κ2) is 5.83. The first-order valence-electron chi connectivity index (χ1n) is 6.24. The van der Waals surface area contributed by atoms with Crippen LogP contribution in [0.2, 0.25) is 0 Å². The smallest absolute Gasteiger partial charge is 0.124 e. The van der Waals surface area contributed by atoms with Gasteiger partial charge in [-0.25, -0.2) is 0 Å². The van der Waals surface area contributed by atoms with Crippen LogP contribution in [0.3, 0.4) is 0 Å². The Balaban J connectivity index is 2.58. The predicted molar refractivity (Wildman–Crippen MR) is 72.6 cm³/mol. The van der Waals surface area contributed by atoms with Gasteiger partial charge in [0.05, 0.1) is 13.3 Å². The van der Waals surface area contributed by atoms with Crippen LogP contribution in [0, 0.1) is 0 Å². The predicted octanol–water partition coefficient (Wildman–Crippen LogP) is 3.60. The summed E-state index contributed by atoms with van der Waals surface area (Å²) in [5, 5.41) is 2.15. The summed E-state index contributed by atoms with van der Waals surface area (Å²) in [6, 6.07) is 11.6. The fourth-order valence-electron chi connectivity index (χ4n) is 2.20. The average Bonchev–Trinajstić information content (AvgIpc) is 2.39. The van der Waals surface area contributed by atoms with Crippen molar-refractivity contribution in [1.82, 2.24) is 0 Å². The number of hydrogen-bond acceptors (Lipinski definition) is 2. The third kappa shape index (κ3) is 2.46. The molecule has 3 heteroatoms. The van der Waals surface area contributed by atoms with Crippen molar-refractivity contribution in [3.05, 3.63) is 42.0 Å². The van der Waals surface area contributed by atoms with Gasteiger partial charge in [-0.05, 0) is 30.2 Å². The Morgan fingerprint density at radius 2 is 2.00 bits per heavy atom. The molecule has 18 heavy (non-hydrogen) atoms. The van der Waals surface area contributed by atoms with Crippen LogP contribution in [0.1, 0.15) is 24.9 Å². The maximum absolute atomic E-state index is 12.5. The summed E-state index contributed by atoms with van der Waals surface area (Å²) in [6.45, 7) is 2.09. The van der Waals surface area contributed by atoms with E-state index in [0.29, 0.717) is 13.0 Å². The lowest BCUT2D eigenvalue weighted by Gasteiger charge is -2.18. The van der Waals surface area contributed by atoms with Gasteiger partial charge in [0.15, 0.2) is 0 Å². The maximum atomic E-state index is 12.5. The van der Waals surface area contributed by atoms with E-state index in [1.807, 2.05) is 43.3 Å². The molecule has 0 aliphatic heterocycles. The lowest BCUT2D eigenvalue weighted by Crippen LogP contribution is -2.13. The molecule has 0 heterocycles. The Morgan fingerprint density at radius 1 is 1.22 bits per heavy atom. The van der Waals surface area contributed by atoms with E-state index in [4.69, 9.17) is 10.5 Å². The summed E-state index contributed by atoms with van der Waals surface area (Å²) in [7, 11) is 0. The molecular weight excluding hydrogens is 229 g/mol. The van der Waals surface area contributed by atoms with Crippen molar-refractivity contribution < 1.29 is 9.13 Å². The molecule has 0 unspecified atom stereocenters. The van der Waals surface area contributed by atoms with E-state index < -0.39 is 6.67 Å². The van der Waals surface area contributed by atoms with Crippen LogP contribution in [0.25, 0.3) is 10.8 Å². The van der Waals surface area contributed by atoms with Gasteiger partial charge >= 0.3 is 0 Å². The minimum atomic E-state index is -0.421. The number of rotatable bonds is 5. The van der Waals surface area contributed by atoms with Crippen molar-refractivity contribution in [2.75, 3.05) is 13.3 Å². The molecule has 0 saturated carbocycles. The monoisotopic (exact) mass is 247 g/mol. The van der Waals surface area contributed by atoms with Crippen molar-refractivity contribution in [3.8, 4) is 5.75 Å². The SMILES string of the molecule is CCOc1ccc2ccccc2c1[C@H](N)CCF. The highest BCUT2D eigenvalue weighted by Crippen LogP contribution is 2.33. The summed E-state index contributed by atoms with van der Waals surface area (Å²) < 4.78 is 18.1. The molecule has 2 nitrogen and oxygen atoms in total. The summed E-state index contributed by atoms with van der Waals surface area (Å²) in [5.74, 6) is 0.761. The molecule has 0 aliphatic carbocycles. The van der Waals surface area contributed by atoms with Gasteiger partial charge in [0.1, 0.15) is 5.75 Å². The molecule has 2 aromatic rings. The average molecular weight is 247 g/mol. The van der Waals surface area contributed by atoms with Gasteiger partial charge in [-0.1, -0.05) is 30.3 Å². The van der Waals surface area contributed by atoms with Gasteiger partial charge in [-0.3, -0.25) is 4.39 Å². The van der Waals surface area contributed by atoms with E-state index in [9.17, 15) is 4.39 Å². The van der Waals surface area contributed by atoms with E-state index in [1.54, 1.807) is 0 Å². The number of benzene rings is 2. The fraction of sp³-hybridized carbons (Fsp3) is 0.333. The number of fused-ring (bicyclic) bond motifs is 1. The highest BCUT2D eigenvalue weighted by Gasteiger charge is 2.15. The number of alkyl halides is 1. The summed E-state index contributed by atoms with van der Waals surface area (Å²) in [5.41, 5.74) is 6.99. The molecule has 0 aromatic heterocycles. The molecule has 2 N–H and O–H groups in total. The van der Waals surface area contributed by atoms with Crippen molar-refractivity contribution in [1.29, 1.82) is 0 Å². The zero-order valence-corrected chi connectivity index (χ0v) is 10.5. The molecule has 1 atom stereocenters. The Morgan fingerprint density at radius 3 is 2.72 bits per heavy atom. The van der Waals surface area contributed by atoms with Crippen LogP contribution >= 0.6 is 0 Å². The lowest BCUT2D eigenvalue weighted by atomic mass is 9.96. The second-order valence-electron chi connectivity index (χ2n) is 4.22. The third-order valence-electron chi connectivity index (χ3n) is 3.02. The molecule has 2 aromatic carbocycles. The van der Waals surface area contributed by atoms with Crippen LogP contribution in [-0.2, 0) is 0 Å². The zero-order valence-electron chi connectivity index (χ0n) is 10.5. The van der Waals surface area contributed by atoms with Crippen LogP contribution in [-0.4, -0.2) is 13.3 Å². The molecule has 2 rings (SSSR count). The molecule has 0 spiro atoms. The minimum Gasteiger partial charge on any atom is -0.494 e. The Labute approximate surface area is 107 Å². The molecular formula is C15H18FNO. The molecule has 0 fully saturated rings. The van der Waals surface area contributed by atoms with Crippen LogP contribution in [0.5, 0.6) is 5.75 Å². The van der Waals surface area contributed by atoms with Gasteiger partial charge in [-0.15, -0.1) is 0 Å². The highest BCUT2D eigenvalue weighted by molar-refractivity contribution is 5.88. The van der Waals surface area contributed by atoms with Crippen molar-refractivity contribution in [2.24, 2.45) is 5.73 Å². The summed E-state index contributed by atoms with van der Waals surface area (Å²) in [4.78, 5) is 0. The first-order valence-corrected chi connectivity index (χ1v) is 6.24. The molecule has 0 saturated heterocycles. The Hall–Kier alpha value is -1.61. The van der Waals surface area contributed by atoms with E-state index in [1.165, 1.54) is 0 Å². The van der Waals surface area contributed by atoms with Gasteiger partial charge in [0.25, 0.3) is 0 Å². The standard InChI is InChI=1S/C15H18FNO/c1-2-18-14-8-7-11-5-3-4-6-12(11)15(14)13(17)9-10-16/h3-8,13H,2,9-10,17H2,1H3/t13-/m1/s1. The van der Waals surface area contributed by atoms with Gasteiger partial charge in [-0.2, -0.15) is 0 Å². The van der Waals surface area contributed by atoms with Crippen molar-refractivity contribution in [2.45, 2.75) is 19.4 Å². The minimum absolute atomic E-state index is 0.314. The maximum Gasteiger partial charge on any atom is 0.124 e. The summed E-state index contributed by atoms with van der Waals surface area (Å²) >= 11 is 0. The van der Waals surface area contributed by atoms with E-state index in [-0.39, 0.29) is 6.04 Å². The largest absolute Gasteiger partial charge is 0.494 e. The van der Waals surface area contributed by atoms with E-state index in [0.717, 1.165) is 22.1 Å². The molecule has 96 valence electrons. The van der Waals surface area contributed by atoms with Crippen LogP contribution in [0.4, 0.5) is 4.39 Å². The topological polar surface area (TPSA) is 35.2 Å². The third-order valence-corrected chi connectivity index (χ3v) is 3.02. The normalized spacial score (nSPS) is 12.6. The van der Waals surface area contributed by atoms with E-state index in [2.05, 4.69) is 0 Å². The number of halogens is 1. The number of ether oxygens (including phenoxy) is 1. The first-order chi connectivity index (χ1) is 8.77. The number of hydrogen-bond donors (Lipinski definition) is 1. The number of nitrogens with two attached hydrogens (primary N) is 1. The highest BCUT2D eigenvalue weighted by atomic mass is 19.1. The van der Waals surface area contributed by atoms with Gasteiger partial charge in [0, 0.05) is 11.6 Å². The quantitative estimate of drug-likeness (QED) is 0.876. The molecule has 0 radical (unpaired) electrons. The Kier molecular flexibility index (Phi) is 4.15. The van der Waals surface area contributed by atoms with Gasteiger partial charge < -0.3 is 10.5 Å². The second-order valence-corrected chi connectivity index (χ2v) is 4.22. The summed E-state index contributed by atoms with van der Waals surface area (Å²) in [6.07, 6.45) is 0.314. The van der Waals surface area contributed by atoms with Crippen molar-refractivity contribution >= 4 is 10.8 Å². The molecule has 0 bridgehead atoms. The first kappa shape index (κ1) is 12.8. The van der Waals surface area contributed by atoms with Gasteiger partial charge in [0.2, 0.25) is 0 Å². The van der Waals surface area contributed by atoms with Crippen LogP contribution in [0.15, 0.2) is 36.4 Å².